The number of benzene rings is 2. The molecule has 0 unspecified atom stereocenters. The summed E-state index contributed by atoms with van der Waals surface area (Å²) in [6, 6.07) is 8.52. The summed E-state index contributed by atoms with van der Waals surface area (Å²) >= 11 is 0. The van der Waals surface area contributed by atoms with Gasteiger partial charge in [0.15, 0.2) is 11.5 Å². The molecule has 0 saturated carbocycles. The van der Waals surface area contributed by atoms with Gasteiger partial charge >= 0.3 is 5.97 Å². The van der Waals surface area contributed by atoms with Crippen molar-refractivity contribution >= 4 is 28.5 Å². The molecule has 8 heteroatoms. The summed E-state index contributed by atoms with van der Waals surface area (Å²) in [5.41, 5.74) is 1.13. The van der Waals surface area contributed by atoms with Gasteiger partial charge in [-0.1, -0.05) is 0 Å². The lowest BCUT2D eigenvalue weighted by molar-refractivity contribution is 0.0692. The van der Waals surface area contributed by atoms with E-state index < -0.39 is 17.7 Å². The number of halogens is 1. The number of rotatable bonds is 3. The van der Waals surface area contributed by atoms with E-state index in [4.69, 9.17) is 9.47 Å². The maximum absolute atomic E-state index is 13.3. The zero-order valence-electron chi connectivity index (χ0n) is 14.0. The minimum Gasteiger partial charge on any atom is -0.489 e. The number of hydrogen-bond donors (Lipinski definition) is 3. The van der Waals surface area contributed by atoms with Crippen LogP contribution in [-0.4, -0.2) is 35.2 Å². The first kappa shape index (κ1) is 16.9. The monoisotopic (exact) mass is 370 g/mol. The highest BCUT2D eigenvalue weighted by Gasteiger charge is 2.24. The predicted molar refractivity (Wildman–Crippen MR) is 95.2 cm³/mol. The fraction of sp³-hybridized carbons (Fsp3) is 0.158. The number of anilines is 1. The Hall–Kier alpha value is -3.55. The Bertz CT molecular complexity index is 1060. The van der Waals surface area contributed by atoms with E-state index in [1.807, 2.05) is 0 Å². The van der Waals surface area contributed by atoms with Crippen molar-refractivity contribution in [3.8, 4) is 11.5 Å². The van der Waals surface area contributed by atoms with Gasteiger partial charge in [0.1, 0.15) is 17.1 Å². The summed E-state index contributed by atoms with van der Waals surface area (Å²) in [6.07, 6.45) is 0.592. The second-order valence-electron chi connectivity index (χ2n) is 6.04. The van der Waals surface area contributed by atoms with Crippen molar-refractivity contribution in [2.24, 2.45) is 0 Å². The van der Waals surface area contributed by atoms with Crippen LogP contribution in [0.2, 0.25) is 0 Å². The molecule has 2 aromatic carbocycles. The Morgan fingerprint density at radius 2 is 1.85 bits per heavy atom. The molecule has 27 heavy (non-hydrogen) atoms. The molecular weight excluding hydrogens is 355 g/mol. The highest BCUT2D eigenvalue weighted by atomic mass is 19.1. The third kappa shape index (κ3) is 3.17. The average Bonchev–Trinajstić information content (AvgIpc) is 2.89. The number of ether oxygens (including phenoxy) is 2. The van der Waals surface area contributed by atoms with Crippen LogP contribution in [0.3, 0.4) is 0 Å². The van der Waals surface area contributed by atoms with E-state index in [-0.39, 0.29) is 22.8 Å². The molecule has 0 aliphatic carbocycles. The molecule has 3 aromatic rings. The fourth-order valence-corrected chi connectivity index (χ4v) is 2.94. The summed E-state index contributed by atoms with van der Waals surface area (Å²) < 4.78 is 24.5. The maximum atomic E-state index is 13.3. The number of hydrogen-bond acceptors (Lipinski definition) is 4. The van der Waals surface area contributed by atoms with Gasteiger partial charge in [-0.05, 0) is 36.4 Å². The molecule has 2 heterocycles. The number of aromatic carboxylic acids is 1. The van der Waals surface area contributed by atoms with Gasteiger partial charge in [0.05, 0.1) is 18.9 Å². The highest BCUT2D eigenvalue weighted by Crippen LogP contribution is 2.40. The molecule has 0 fully saturated rings. The molecule has 1 amide bonds. The van der Waals surface area contributed by atoms with Crippen molar-refractivity contribution in [2.45, 2.75) is 6.42 Å². The van der Waals surface area contributed by atoms with Crippen LogP contribution in [0.15, 0.2) is 36.4 Å². The number of carbonyl (C=O) groups excluding carboxylic acids is 1. The van der Waals surface area contributed by atoms with Crippen molar-refractivity contribution in [3.63, 3.8) is 0 Å². The Kier molecular flexibility index (Phi) is 4.15. The molecule has 3 N–H and O–H groups in total. The van der Waals surface area contributed by atoms with Gasteiger partial charge in [-0.15, -0.1) is 0 Å². The minimum absolute atomic E-state index is 0.0361. The SMILES string of the molecule is O=C(Nc1ccc(C(=O)O)c2c1OCCCO2)c1cc2cc(F)ccc2[nH]1. The van der Waals surface area contributed by atoms with Crippen molar-refractivity contribution < 1.29 is 28.6 Å². The van der Waals surface area contributed by atoms with Crippen LogP contribution in [0.25, 0.3) is 10.9 Å². The number of carboxylic acid groups (broad SMARTS) is 1. The zero-order valence-corrected chi connectivity index (χ0v) is 14.0. The van der Waals surface area contributed by atoms with Crippen LogP contribution in [0.4, 0.5) is 10.1 Å². The molecule has 1 aliphatic rings. The summed E-state index contributed by atoms with van der Waals surface area (Å²) in [7, 11) is 0. The van der Waals surface area contributed by atoms with E-state index >= 15 is 0 Å². The maximum Gasteiger partial charge on any atom is 0.339 e. The summed E-state index contributed by atoms with van der Waals surface area (Å²) in [5.74, 6) is -1.73. The van der Waals surface area contributed by atoms with Crippen molar-refractivity contribution in [3.05, 3.63) is 53.5 Å². The quantitative estimate of drug-likeness (QED) is 0.656. The molecule has 4 rings (SSSR count). The number of aromatic nitrogens is 1. The van der Waals surface area contributed by atoms with Gasteiger partial charge in [-0.3, -0.25) is 4.79 Å². The van der Waals surface area contributed by atoms with E-state index in [2.05, 4.69) is 10.3 Å². The lowest BCUT2D eigenvalue weighted by Crippen LogP contribution is -2.14. The molecule has 7 nitrogen and oxygen atoms in total. The van der Waals surface area contributed by atoms with Crippen molar-refractivity contribution in [1.29, 1.82) is 0 Å². The fourth-order valence-electron chi connectivity index (χ4n) is 2.94. The lowest BCUT2D eigenvalue weighted by atomic mass is 10.1. The van der Waals surface area contributed by atoms with Gasteiger partial charge in [0, 0.05) is 17.3 Å². The third-order valence-electron chi connectivity index (χ3n) is 4.20. The van der Waals surface area contributed by atoms with Gasteiger partial charge in [-0.25, -0.2) is 9.18 Å². The molecule has 1 aromatic heterocycles. The molecule has 0 radical (unpaired) electrons. The number of amides is 1. The number of carbonyl (C=O) groups is 2. The highest BCUT2D eigenvalue weighted by molar-refractivity contribution is 6.07. The van der Waals surface area contributed by atoms with E-state index in [1.54, 1.807) is 6.07 Å². The first-order valence-corrected chi connectivity index (χ1v) is 8.28. The minimum atomic E-state index is -1.15. The van der Waals surface area contributed by atoms with Crippen LogP contribution >= 0.6 is 0 Å². The van der Waals surface area contributed by atoms with Gasteiger partial charge < -0.3 is 24.9 Å². The van der Waals surface area contributed by atoms with E-state index in [0.717, 1.165) is 0 Å². The number of nitrogens with one attached hydrogen (secondary N) is 2. The van der Waals surface area contributed by atoms with Crippen LogP contribution in [0.1, 0.15) is 27.3 Å². The van der Waals surface area contributed by atoms with Gasteiger partial charge in [0.25, 0.3) is 5.91 Å². The number of aromatic amines is 1. The molecule has 138 valence electrons. The lowest BCUT2D eigenvalue weighted by Gasteiger charge is -2.15. The van der Waals surface area contributed by atoms with Crippen LogP contribution in [-0.2, 0) is 0 Å². The van der Waals surface area contributed by atoms with Crippen molar-refractivity contribution in [1.82, 2.24) is 4.98 Å². The standard InChI is InChI=1S/C19H15FN2O5/c20-11-2-4-13-10(8-11)9-15(21-13)18(23)22-14-5-3-12(19(24)25)16-17(14)27-7-1-6-26-16/h2-5,8-9,21H,1,6-7H2,(H,22,23)(H,24,25). The first-order chi connectivity index (χ1) is 13.0. The second kappa shape index (κ2) is 6.64. The zero-order chi connectivity index (χ0) is 19.0. The smallest absolute Gasteiger partial charge is 0.339 e. The molecular formula is C19H15FN2O5. The number of carboxylic acids is 1. The van der Waals surface area contributed by atoms with Gasteiger partial charge in [0.2, 0.25) is 0 Å². The Balaban J connectivity index is 1.68. The molecule has 0 spiro atoms. The summed E-state index contributed by atoms with van der Waals surface area (Å²) in [4.78, 5) is 26.9. The van der Waals surface area contributed by atoms with E-state index in [0.29, 0.717) is 36.2 Å². The molecule has 0 atom stereocenters. The molecule has 0 bridgehead atoms. The second-order valence-corrected chi connectivity index (χ2v) is 6.04. The third-order valence-corrected chi connectivity index (χ3v) is 4.20. The van der Waals surface area contributed by atoms with Gasteiger partial charge in [-0.2, -0.15) is 0 Å². The number of fused-ring (bicyclic) bond motifs is 2. The summed E-state index contributed by atoms with van der Waals surface area (Å²) in [5, 5.41) is 12.6. The van der Waals surface area contributed by atoms with Crippen molar-refractivity contribution in [2.75, 3.05) is 18.5 Å². The van der Waals surface area contributed by atoms with Crippen LogP contribution in [0, 0.1) is 5.82 Å². The average molecular weight is 370 g/mol. The largest absolute Gasteiger partial charge is 0.489 e. The molecule has 1 aliphatic heterocycles. The van der Waals surface area contributed by atoms with E-state index in [9.17, 15) is 19.1 Å². The summed E-state index contributed by atoms with van der Waals surface area (Å²) in [6.45, 7) is 0.656. The predicted octanol–water partition coefficient (Wildman–Crippen LogP) is 3.42. The Morgan fingerprint density at radius 1 is 1.07 bits per heavy atom. The van der Waals surface area contributed by atoms with Crippen LogP contribution in [0.5, 0.6) is 11.5 Å². The van der Waals surface area contributed by atoms with Crippen LogP contribution < -0.4 is 14.8 Å². The first-order valence-electron chi connectivity index (χ1n) is 8.28. The normalized spacial score (nSPS) is 13.2. The Labute approximate surface area is 152 Å². The van der Waals surface area contributed by atoms with E-state index in [1.165, 1.54) is 30.3 Å². The topological polar surface area (TPSA) is 101 Å². The molecule has 0 saturated heterocycles. The Morgan fingerprint density at radius 3 is 2.63 bits per heavy atom. The number of H-pyrrole nitrogens is 1.